The minimum Gasteiger partial charge on any atom is -0.310 e. The molecule has 0 saturated heterocycles. The lowest BCUT2D eigenvalue weighted by molar-refractivity contribution is 0.569. The smallest absolute Gasteiger partial charge is 0.252 e. The molecule has 0 radical (unpaired) electrons. The average Bonchev–Trinajstić information content (AvgIpc) is 1.25. The molecule has 0 atom stereocenters. The molecule has 15 aromatic carbocycles. The van der Waals surface area contributed by atoms with Crippen molar-refractivity contribution in [3.05, 3.63) is 347 Å². The van der Waals surface area contributed by atoms with Gasteiger partial charge in [0.25, 0.3) is 6.71 Å². The van der Waals surface area contributed by atoms with Crippen LogP contribution in [0.25, 0.3) is 127 Å². The Labute approximate surface area is 822 Å². The van der Waals surface area contributed by atoms with Crippen molar-refractivity contribution in [1.29, 1.82) is 0 Å². The van der Waals surface area contributed by atoms with Crippen LogP contribution in [0, 0.1) is 0 Å². The van der Waals surface area contributed by atoms with Gasteiger partial charge in [-0.15, -0.1) is 0 Å². The second-order valence-corrected chi connectivity index (χ2v) is 49.5. The van der Waals surface area contributed by atoms with Gasteiger partial charge in [-0.3, -0.25) is 0 Å². The van der Waals surface area contributed by atoms with Crippen LogP contribution in [0.2, 0.25) is 0 Å². The number of anilines is 6. The van der Waals surface area contributed by atoms with Crippen molar-refractivity contribution in [3.8, 4) is 61.6 Å². The zero-order valence-corrected chi connectivity index (χ0v) is 85.9. The maximum absolute atomic E-state index is 10.3. The standard InChI is InChI=1S/C130H138BN5/c1-121(2,3)82-52-48-79(49-53-82)93-40-35-42-95(81-68-88(127(19,20)21)70-89(69-81)128(22,23)24)119(93)135-113-76-91(133-109-64-56-84(123(7,8)9)71-99(109)100-72-85(124(10,11)12)57-65-110(100)133)61-63-105(113)131-106-62-60-90(132-107-46-33-31-38-96(107)97-39-32-34-47-108(97)132)75-114(106)136(116-78-92(77-115(135)118(116)131)134-111-66-58-86(125(13,14)15)73-101(111)102-74-87(126(16,17)18)59-67-112(102)134)120-94(80-50-54-83(55-51-80)122(4,5)6)41-36-43-98(120)117-103(129(25,26)27)44-37-45-104(117)130(28,29)30/h31-78H,1-30H3/i31D,32D,33D,34D,38D,39D,46D,47D. The SMILES string of the molecule is [2H]c1c([2H])c([2H])c2c(c1[2H])c1c([2H])c([2H])c([2H])c([2H])c1n2-c1ccc2c(c1)N(c1c(-c3ccc(C(C)(C)C)cc3)cccc1-c1c(C(C)(C)C)cccc1C(C)(C)C)c1cc(-n3c4ccc(C(C)(C)C)cc4c4cc(C(C)(C)C)ccc43)cc3c1B2c1ccc(-n2c4ccc(C(C)(C)C)cc4c4cc(C(C)(C)C)ccc42)cc1N3c1c(-c2ccc(C(C)(C)C)cc2)cccc1-c1cc(C(C)(C)C)cc(C(C)(C)C)c1. The van der Waals surface area contributed by atoms with Gasteiger partial charge < -0.3 is 23.5 Å². The van der Waals surface area contributed by atoms with Gasteiger partial charge in [-0.2, -0.15) is 0 Å². The molecule has 18 aromatic rings. The predicted molar refractivity (Wildman–Crippen MR) is 592 cm³/mol. The van der Waals surface area contributed by atoms with E-state index in [1.807, 2.05) is 6.07 Å². The maximum atomic E-state index is 10.3. The fraction of sp³-hybridized carbons (Fsp3) is 0.308. The molecule has 20 rings (SSSR count). The van der Waals surface area contributed by atoms with Crippen molar-refractivity contribution in [2.24, 2.45) is 0 Å². The van der Waals surface area contributed by atoms with Crippen LogP contribution in [0.3, 0.4) is 0 Å². The Morgan fingerprint density at radius 2 is 0.515 bits per heavy atom. The number of aromatic nitrogens is 3. The van der Waals surface area contributed by atoms with Gasteiger partial charge in [-0.1, -0.05) is 402 Å². The first-order chi connectivity index (χ1) is 67.1. The molecule has 0 amide bonds. The second kappa shape index (κ2) is 31.5. The molecule has 0 fully saturated rings. The fourth-order valence-corrected chi connectivity index (χ4v) is 21.5. The topological polar surface area (TPSA) is 21.3 Å². The highest BCUT2D eigenvalue weighted by Crippen LogP contribution is 2.58. The van der Waals surface area contributed by atoms with Crippen molar-refractivity contribution in [3.63, 3.8) is 0 Å². The van der Waals surface area contributed by atoms with E-state index < -0.39 is 53.8 Å². The van der Waals surface area contributed by atoms with E-state index in [0.29, 0.717) is 5.69 Å². The summed E-state index contributed by atoms with van der Waals surface area (Å²) in [4.78, 5) is 5.27. The number of fused-ring (bicyclic) bond motifs is 13. The van der Waals surface area contributed by atoms with Crippen molar-refractivity contribution >= 4 is 123 Å². The van der Waals surface area contributed by atoms with Crippen LogP contribution in [-0.4, -0.2) is 20.4 Å². The van der Waals surface area contributed by atoms with Gasteiger partial charge in [0.1, 0.15) is 0 Å². The molecule has 2 aliphatic rings. The Balaban J connectivity index is 1.06. The maximum Gasteiger partial charge on any atom is 0.252 e. The number of benzene rings is 15. The Morgan fingerprint density at radius 3 is 0.860 bits per heavy atom. The van der Waals surface area contributed by atoms with E-state index in [1.54, 1.807) is 4.57 Å². The molecule has 0 spiro atoms. The molecule has 0 N–H and O–H groups in total. The first kappa shape index (κ1) is 81.7. The molecule has 6 heteroatoms. The molecular formula is C130H138BN5. The predicted octanol–water partition coefficient (Wildman–Crippen LogP) is 34.7. The third-order valence-electron chi connectivity index (χ3n) is 29.4. The Morgan fingerprint density at radius 1 is 0.221 bits per heavy atom. The Kier molecular flexibility index (Phi) is 18.9. The summed E-state index contributed by atoms with van der Waals surface area (Å²) in [6.07, 6.45) is 0. The van der Waals surface area contributed by atoms with Crippen LogP contribution in [-0.2, 0) is 54.1 Å². The summed E-state index contributed by atoms with van der Waals surface area (Å²) in [5.74, 6) is 0. The number of nitrogens with zero attached hydrogens (tertiary/aromatic N) is 5. The van der Waals surface area contributed by atoms with Crippen molar-refractivity contribution in [2.75, 3.05) is 9.80 Å². The van der Waals surface area contributed by atoms with E-state index in [4.69, 9.17) is 0 Å². The number of para-hydroxylation sites is 4. The van der Waals surface area contributed by atoms with Crippen LogP contribution in [0.15, 0.2) is 291 Å². The summed E-state index contributed by atoms with van der Waals surface area (Å²) in [5, 5.41) is 4.60. The van der Waals surface area contributed by atoms with Gasteiger partial charge in [-0.05, 0) is 245 Å². The first-order valence-corrected chi connectivity index (χ1v) is 49.2. The van der Waals surface area contributed by atoms with E-state index in [1.165, 1.54) is 55.3 Å². The molecule has 0 aliphatic carbocycles. The molecule has 0 saturated carbocycles. The molecular weight excluding hydrogens is 1640 g/mol. The summed E-state index contributed by atoms with van der Waals surface area (Å²) in [6.45, 7) is 68.8. The molecule has 686 valence electrons. The van der Waals surface area contributed by atoms with E-state index in [0.717, 1.165) is 150 Å². The fourth-order valence-electron chi connectivity index (χ4n) is 21.5. The van der Waals surface area contributed by atoms with Crippen LogP contribution in [0.4, 0.5) is 34.1 Å². The second-order valence-electron chi connectivity index (χ2n) is 49.5. The summed E-state index contributed by atoms with van der Waals surface area (Å²) in [7, 11) is 0. The average molecular weight is 1790 g/mol. The number of rotatable bonds is 9. The zero-order valence-electron chi connectivity index (χ0n) is 93.9. The molecule has 2 aliphatic heterocycles. The van der Waals surface area contributed by atoms with Crippen molar-refractivity contribution in [2.45, 2.75) is 262 Å². The van der Waals surface area contributed by atoms with Gasteiger partial charge in [0.05, 0.1) is 61.1 Å². The van der Waals surface area contributed by atoms with Crippen LogP contribution in [0.5, 0.6) is 0 Å². The lowest BCUT2D eigenvalue weighted by atomic mass is 9.33. The van der Waals surface area contributed by atoms with Crippen molar-refractivity contribution < 1.29 is 11.0 Å². The number of hydrogen-bond acceptors (Lipinski definition) is 2. The molecule has 5 heterocycles. The molecule has 0 unspecified atom stereocenters. The van der Waals surface area contributed by atoms with E-state index in [2.05, 4.69) is 463 Å². The Hall–Kier alpha value is -12.6. The highest BCUT2D eigenvalue weighted by molar-refractivity contribution is 7.00. The first-order valence-electron chi connectivity index (χ1n) is 53.2. The zero-order chi connectivity index (χ0) is 104. The summed E-state index contributed by atoms with van der Waals surface area (Å²) in [5.41, 5.74) is 32.6. The highest BCUT2D eigenvalue weighted by atomic mass is 15.2. The van der Waals surface area contributed by atoms with Gasteiger partial charge in [0.2, 0.25) is 0 Å². The third kappa shape index (κ3) is 15.4. The molecule has 0 bridgehead atoms. The van der Waals surface area contributed by atoms with E-state index >= 15 is 0 Å². The van der Waals surface area contributed by atoms with E-state index in [-0.39, 0.29) is 77.2 Å². The quantitative estimate of drug-likeness (QED) is 0.134. The lowest BCUT2D eigenvalue weighted by Gasteiger charge is -2.46. The van der Waals surface area contributed by atoms with Crippen LogP contribution < -0.4 is 26.2 Å². The summed E-state index contributed by atoms with van der Waals surface area (Å²) >= 11 is 0. The van der Waals surface area contributed by atoms with Crippen LogP contribution in [0.1, 0.15) is 274 Å². The minimum absolute atomic E-state index is 0.00153. The molecule has 5 nitrogen and oxygen atoms in total. The largest absolute Gasteiger partial charge is 0.310 e. The van der Waals surface area contributed by atoms with E-state index in [9.17, 15) is 11.0 Å². The van der Waals surface area contributed by atoms with Crippen LogP contribution >= 0.6 is 0 Å². The summed E-state index contributed by atoms with van der Waals surface area (Å²) in [6, 6.07) is 90.5. The minimum atomic E-state index is -0.631. The monoisotopic (exact) mass is 1790 g/mol. The van der Waals surface area contributed by atoms with Gasteiger partial charge in [0, 0.05) is 88.7 Å². The normalized spacial score (nSPS) is 14.6. The molecule has 136 heavy (non-hydrogen) atoms. The van der Waals surface area contributed by atoms with Gasteiger partial charge in [-0.25, -0.2) is 0 Å². The lowest BCUT2D eigenvalue weighted by Crippen LogP contribution is -2.61. The summed E-state index contributed by atoms with van der Waals surface area (Å²) < 4.78 is 85.4. The number of hydrogen-bond donors (Lipinski definition) is 0. The van der Waals surface area contributed by atoms with Crippen molar-refractivity contribution in [1.82, 2.24) is 13.7 Å². The molecule has 3 aromatic heterocycles. The third-order valence-corrected chi connectivity index (χ3v) is 29.4. The Bertz CT molecular complexity index is 8150. The van der Waals surface area contributed by atoms with Gasteiger partial charge >= 0.3 is 0 Å². The highest BCUT2D eigenvalue weighted by Gasteiger charge is 2.48. The van der Waals surface area contributed by atoms with Gasteiger partial charge in [0.15, 0.2) is 0 Å².